The first-order valence-electron chi connectivity index (χ1n) is 7.06. The molecule has 0 saturated heterocycles. The zero-order chi connectivity index (χ0) is 15.5. The van der Waals surface area contributed by atoms with Crippen molar-refractivity contribution in [2.45, 2.75) is 31.1 Å². The van der Waals surface area contributed by atoms with Crippen LogP contribution >= 0.6 is 0 Å². The van der Waals surface area contributed by atoms with Gasteiger partial charge in [0, 0.05) is 12.8 Å². The Morgan fingerprint density at radius 1 is 1.24 bits per heavy atom. The van der Waals surface area contributed by atoms with Crippen LogP contribution in [0.25, 0.3) is 0 Å². The molecule has 0 bridgehead atoms. The highest BCUT2D eigenvalue weighted by Crippen LogP contribution is 2.41. The van der Waals surface area contributed by atoms with Crippen molar-refractivity contribution in [2.24, 2.45) is 0 Å². The fourth-order valence-electron chi connectivity index (χ4n) is 2.91. The van der Waals surface area contributed by atoms with E-state index in [2.05, 4.69) is 5.32 Å². The van der Waals surface area contributed by atoms with E-state index in [1.54, 1.807) is 12.1 Å². The number of amides is 1. The second-order valence-corrected chi connectivity index (χ2v) is 7.94. The average molecular weight is 313 g/mol. The monoisotopic (exact) mass is 313 g/mol. The highest BCUT2D eigenvalue weighted by molar-refractivity contribution is 7.90. The number of hydrogen-bond donors (Lipinski definition) is 1. The van der Waals surface area contributed by atoms with Crippen LogP contribution in [-0.4, -0.2) is 32.9 Å². The Morgan fingerprint density at radius 2 is 1.81 bits per heavy atom. The topological polar surface area (TPSA) is 63.2 Å². The molecule has 0 radical (unpaired) electrons. The van der Waals surface area contributed by atoms with Crippen molar-refractivity contribution >= 4 is 15.7 Å². The first kappa shape index (κ1) is 15.9. The van der Waals surface area contributed by atoms with Gasteiger partial charge in [-0.05, 0) is 30.5 Å². The van der Waals surface area contributed by atoms with Crippen molar-refractivity contribution in [2.75, 3.05) is 18.6 Å². The number of carbonyl (C=O) groups is 1. The van der Waals surface area contributed by atoms with Crippen LogP contribution in [0.5, 0.6) is 0 Å². The Balaban J connectivity index is 2.14. The van der Waals surface area contributed by atoms with Gasteiger partial charge in [-0.25, -0.2) is 12.8 Å². The van der Waals surface area contributed by atoms with Crippen LogP contribution in [0.1, 0.15) is 31.2 Å². The first-order chi connectivity index (χ1) is 9.83. The molecule has 0 aliphatic heterocycles. The van der Waals surface area contributed by atoms with Crippen LogP contribution in [0.4, 0.5) is 4.39 Å². The molecule has 1 aromatic rings. The third kappa shape index (κ3) is 3.81. The molecule has 4 nitrogen and oxygen atoms in total. The third-order valence-corrected chi connectivity index (χ3v) is 4.99. The van der Waals surface area contributed by atoms with Crippen molar-refractivity contribution in [3.05, 3.63) is 35.6 Å². The van der Waals surface area contributed by atoms with Gasteiger partial charge in [-0.3, -0.25) is 4.79 Å². The molecule has 116 valence electrons. The lowest BCUT2D eigenvalue weighted by atomic mass is 9.78. The molecule has 0 spiro atoms. The van der Waals surface area contributed by atoms with Crippen LogP contribution in [0.15, 0.2) is 24.3 Å². The van der Waals surface area contributed by atoms with Crippen LogP contribution in [0.2, 0.25) is 0 Å². The molecule has 1 saturated carbocycles. The van der Waals surface area contributed by atoms with Gasteiger partial charge in [0.1, 0.15) is 15.7 Å². The molecule has 1 fully saturated rings. The second kappa shape index (κ2) is 6.13. The van der Waals surface area contributed by atoms with Gasteiger partial charge in [-0.2, -0.15) is 0 Å². The van der Waals surface area contributed by atoms with Crippen LogP contribution in [0.3, 0.4) is 0 Å². The minimum absolute atomic E-state index is 0.0712. The summed E-state index contributed by atoms with van der Waals surface area (Å²) < 4.78 is 35.3. The lowest BCUT2D eigenvalue weighted by molar-refractivity contribution is -0.126. The largest absolute Gasteiger partial charge is 0.354 e. The Morgan fingerprint density at radius 3 is 2.33 bits per heavy atom. The van der Waals surface area contributed by atoms with Gasteiger partial charge < -0.3 is 5.32 Å². The Labute approximate surface area is 124 Å². The highest BCUT2D eigenvalue weighted by atomic mass is 32.2. The zero-order valence-corrected chi connectivity index (χ0v) is 12.9. The van der Waals surface area contributed by atoms with E-state index >= 15 is 0 Å². The predicted molar refractivity (Wildman–Crippen MR) is 79.3 cm³/mol. The van der Waals surface area contributed by atoms with Crippen LogP contribution in [-0.2, 0) is 20.0 Å². The Hall–Kier alpha value is -1.43. The van der Waals surface area contributed by atoms with Gasteiger partial charge in [0.15, 0.2) is 0 Å². The van der Waals surface area contributed by atoms with E-state index in [4.69, 9.17) is 0 Å². The predicted octanol–water partition coefficient (Wildman–Crippen LogP) is 1.80. The molecule has 1 amide bonds. The molecule has 21 heavy (non-hydrogen) atoms. The van der Waals surface area contributed by atoms with E-state index in [0.29, 0.717) is 12.8 Å². The maximum Gasteiger partial charge on any atom is 0.230 e. The number of halogens is 1. The van der Waals surface area contributed by atoms with Crippen LogP contribution < -0.4 is 5.32 Å². The van der Waals surface area contributed by atoms with Crippen molar-refractivity contribution in [1.82, 2.24) is 5.32 Å². The molecule has 6 heteroatoms. The number of hydrogen-bond acceptors (Lipinski definition) is 3. The molecule has 0 unspecified atom stereocenters. The number of nitrogens with one attached hydrogen (secondary N) is 1. The molecule has 1 aliphatic rings. The summed E-state index contributed by atoms with van der Waals surface area (Å²) in [5.41, 5.74) is 0.156. The van der Waals surface area contributed by atoms with E-state index in [0.717, 1.165) is 24.7 Å². The zero-order valence-electron chi connectivity index (χ0n) is 12.1. The molecule has 1 aromatic carbocycles. The maximum absolute atomic E-state index is 13.1. The van der Waals surface area contributed by atoms with Gasteiger partial charge in [0.05, 0.1) is 11.2 Å². The number of sulfone groups is 1. The fourth-order valence-corrected chi connectivity index (χ4v) is 3.39. The summed E-state index contributed by atoms with van der Waals surface area (Å²) in [6.45, 7) is 0.112. The van der Waals surface area contributed by atoms with Crippen molar-refractivity contribution < 1.29 is 17.6 Å². The average Bonchev–Trinajstić information content (AvgIpc) is 2.88. The number of benzene rings is 1. The Bertz CT molecular complexity index is 604. The summed E-state index contributed by atoms with van der Waals surface area (Å²) in [6, 6.07) is 6.02. The maximum atomic E-state index is 13.1. The summed E-state index contributed by atoms with van der Waals surface area (Å²) >= 11 is 0. The molecule has 0 aromatic heterocycles. The second-order valence-electron chi connectivity index (χ2n) is 5.68. The molecule has 2 rings (SSSR count). The first-order valence-corrected chi connectivity index (χ1v) is 9.12. The minimum Gasteiger partial charge on any atom is -0.354 e. The van der Waals surface area contributed by atoms with E-state index < -0.39 is 15.3 Å². The van der Waals surface area contributed by atoms with Crippen molar-refractivity contribution in [3.8, 4) is 0 Å². The minimum atomic E-state index is -3.10. The van der Waals surface area contributed by atoms with Gasteiger partial charge >= 0.3 is 0 Å². The van der Waals surface area contributed by atoms with Crippen molar-refractivity contribution in [1.29, 1.82) is 0 Å². The number of rotatable bonds is 5. The van der Waals surface area contributed by atoms with Gasteiger partial charge in [-0.15, -0.1) is 0 Å². The van der Waals surface area contributed by atoms with E-state index in [1.165, 1.54) is 12.1 Å². The SMILES string of the molecule is CS(=O)(=O)CCNC(=O)C1(c2ccc(F)cc2)CCCC1. The summed E-state index contributed by atoms with van der Waals surface area (Å²) in [6.07, 6.45) is 4.45. The summed E-state index contributed by atoms with van der Waals surface area (Å²) in [5, 5.41) is 2.72. The normalized spacial score (nSPS) is 17.6. The summed E-state index contributed by atoms with van der Waals surface area (Å²) in [5.74, 6) is -0.558. The molecule has 0 atom stereocenters. The molecular formula is C15H20FNO3S. The van der Waals surface area contributed by atoms with Gasteiger partial charge in [0.25, 0.3) is 0 Å². The lowest BCUT2D eigenvalue weighted by Crippen LogP contribution is -2.44. The highest BCUT2D eigenvalue weighted by Gasteiger charge is 2.42. The molecule has 0 heterocycles. The number of carbonyl (C=O) groups excluding carboxylic acids is 1. The summed E-state index contributed by atoms with van der Waals surface area (Å²) in [4.78, 5) is 12.5. The lowest BCUT2D eigenvalue weighted by Gasteiger charge is -2.28. The van der Waals surface area contributed by atoms with Crippen LogP contribution in [0, 0.1) is 5.82 Å². The van der Waals surface area contributed by atoms with Gasteiger partial charge in [-0.1, -0.05) is 25.0 Å². The molecule has 1 N–H and O–H groups in total. The third-order valence-electron chi connectivity index (χ3n) is 4.05. The summed E-state index contributed by atoms with van der Waals surface area (Å²) in [7, 11) is -3.10. The molecular weight excluding hydrogens is 293 g/mol. The Kier molecular flexibility index (Phi) is 4.66. The van der Waals surface area contributed by atoms with E-state index in [1.807, 2.05) is 0 Å². The fraction of sp³-hybridized carbons (Fsp3) is 0.533. The van der Waals surface area contributed by atoms with Crippen molar-refractivity contribution in [3.63, 3.8) is 0 Å². The van der Waals surface area contributed by atoms with E-state index in [-0.39, 0.29) is 24.0 Å². The smallest absolute Gasteiger partial charge is 0.230 e. The standard InChI is InChI=1S/C15H20FNO3S/c1-21(19,20)11-10-17-14(18)15(8-2-3-9-15)12-4-6-13(16)7-5-12/h4-7H,2-3,8-11H2,1H3,(H,17,18). The molecule has 1 aliphatic carbocycles. The quantitative estimate of drug-likeness (QED) is 0.901. The van der Waals surface area contributed by atoms with Gasteiger partial charge in [0.2, 0.25) is 5.91 Å². The van der Waals surface area contributed by atoms with E-state index in [9.17, 15) is 17.6 Å².